The first-order valence-electron chi connectivity index (χ1n) is 10.7. The number of likely N-dealkylation sites (N-methyl/N-ethyl adjacent to an activating group) is 1. The largest absolute Gasteiger partial charge is 0.369 e. The summed E-state index contributed by atoms with van der Waals surface area (Å²) in [6, 6.07) is 8.52. The van der Waals surface area contributed by atoms with E-state index >= 15 is 0 Å². The SMILES string of the molecule is CCNC(=NCCN1CCN(CC)CC1)NC1CCN(c2cccc(Cl)c2)C1. The number of benzene rings is 1. The lowest BCUT2D eigenvalue weighted by atomic mass is 10.2. The molecule has 0 saturated carbocycles. The summed E-state index contributed by atoms with van der Waals surface area (Å²) in [7, 11) is 0. The number of rotatable bonds is 7. The van der Waals surface area contributed by atoms with E-state index in [2.05, 4.69) is 45.2 Å². The van der Waals surface area contributed by atoms with Crippen LogP contribution in [-0.4, -0.2) is 87.2 Å². The predicted molar refractivity (Wildman–Crippen MR) is 120 cm³/mol. The fourth-order valence-corrected chi connectivity index (χ4v) is 4.12. The number of nitrogens with one attached hydrogen (secondary N) is 2. The minimum absolute atomic E-state index is 0.407. The summed E-state index contributed by atoms with van der Waals surface area (Å²) in [5.41, 5.74) is 1.20. The molecular weight excluding hydrogens is 372 g/mol. The zero-order chi connectivity index (χ0) is 19.8. The molecule has 2 aliphatic heterocycles. The molecule has 6 nitrogen and oxygen atoms in total. The predicted octanol–water partition coefficient (Wildman–Crippen LogP) is 2.11. The van der Waals surface area contributed by atoms with E-state index in [1.54, 1.807) is 0 Å². The van der Waals surface area contributed by atoms with E-state index in [9.17, 15) is 0 Å². The highest BCUT2D eigenvalue weighted by atomic mass is 35.5. The summed E-state index contributed by atoms with van der Waals surface area (Å²) in [5, 5.41) is 7.82. The average Bonchev–Trinajstić information content (AvgIpc) is 3.17. The summed E-state index contributed by atoms with van der Waals surface area (Å²) in [4.78, 5) is 12.2. The zero-order valence-electron chi connectivity index (χ0n) is 17.3. The fourth-order valence-electron chi connectivity index (χ4n) is 3.93. The highest BCUT2D eigenvalue weighted by Gasteiger charge is 2.23. The third kappa shape index (κ3) is 6.26. The van der Waals surface area contributed by atoms with Gasteiger partial charge < -0.3 is 20.4 Å². The highest BCUT2D eigenvalue weighted by Crippen LogP contribution is 2.23. The first-order valence-corrected chi connectivity index (χ1v) is 11.1. The monoisotopic (exact) mass is 406 g/mol. The molecule has 0 aliphatic carbocycles. The van der Waals surface area contributed by atoms with Crippen LogP contribution in [0.4, 0.5) is 5.69 Å². The number of anilines is 1. The van der Waals surface area contributed by atoms with Gasteiger partial charge in [0.15, 0.2) is 5.96 Å². The van der Waals surface area contributed by atoms with Crippen molar-refractivity contribution >= 4 is 23.2 Å². The quantitative estimate of drug-likeness (QED) is 0.536. The van der Waals surface area contributed by atoms with Gasteiger partial charge in [-0.3, -0.25) is 9.89 Å². The number of guanidine groups is 1. The third-order valence-electron chi connectivity index (χ3n) is 5.64. The van der Waals surface area contributed by atoms with Crippen LogP contribution in [0.25, 0.3) is 0 Å². The van der Waals surface area contributed by atoms with Crippen LogP contribution in [0.2, 0.25) is 5.02 Å². The van der Waals surface area contributed by atoms with Crippen LogP contribution >= 0.6 is 11.6 Å². The van der Waals surface area contributed by atoms with Crippen LogP contribution < -0.4 is 15.5 Å². The van der Waals surface area contributed by atoms with Crippen molar-refractivity contribution in [1.82, 2.24) is 20.4 Å². The van der Waals surface area contributed by atoms with E-state index in [0.29, 0.717) is 6.04 Å². The molecule has 0 spiro atoms. The lowest BCUT2D eigenvalue weighted by Gasteiger charge is -2.33. The van der Waals surface area contributed by atoms with Crippen molar-refractivity contribution in [2.45, 2.75) is 26.3 Å². The minimum Gasteiger partial charge on any atom is -0.369 e. The van der Waals surface area contributed by atoms with Crippen LogP contribution in [0.3, 0.4) is 0 Å². The molecule has 2 fully saturated rings. The number of hydrogen-bond donors (Lipinski definition) is 2. The molecule has 2 aliphatic rings. The smallest absolute Gasteiger partial charge is 0.191 e. The summed E-state index contributed by atoms with van der Waals surface area (Å²) >= 11 is 6.14. The maximum absolute atomic E-state index is 6.14. The van der Waals surface area contributed by atoms with Gasteiger partial charge in [-0.15, -0.1) is 0 Å². The Bertz CT molecular complexity index is 629. The van der Waals surface area contributed by atoms with Crippen molar-refractivity contribution in [1.29, 1.82) is 0 Å². The van der Waals surface area contributed by atoms with Crippen molar-refractivity contribution in [2.24, 2.45) is 4.99 Å². The third-order valence-corrected chi connectivity index (χ3v) is 5.88. The highest BCUT2D eigenvalue weighted by molar-refractivity contribution is 6.30. The molecule has 0 radical (unpaired) electrons. The molecule has 2 N–H and O–H groups in total. The van der Waals surface area contributed by atoms with Crippen molar-refractivity contribution in [3.05, 3.63) is 29.3 Å². The van der Waals surface area contributed by atoms with E-state index in [-0.39, 0.29) is 0 Å². The van der Waals surface area contributed by atoms with Gasteiger partial charge in [-0.05, 0) is 38.1 Å². The Morgan fingerprint density at radius 1 is 1.14 bits per heavy atom. The first-order chi connectivity index (χ1) is 13.7. The van der Waals surface area contributed by atoms with Gasteiger partial charge in [0.25, 0.3) is 0 Å². The van der Waals surface area contributed by atoms with Gasteiger partial charge in [0.05, 0.1) is 6.54 Å². The van der Waals surface area contributed by atoms with E-state index in [4.69, 9.17) is 16.6 Å². The summed E-state index contributed by atoms with van der Waals surface area (Å²) in [6.45, 7) is 15.0. The lowest BCUT2D eigenvalue weighted by molar-refractivity contribution is 0.140. The van der Waals surface area contributed by atoms with Crippen molar-refractivity contribution < 1.29 is 0 Å². The van der Waals surface area contributed by atoms with E-state index < -0.39 is 0 Å². The second-order valence-electron chi connectivity index (χ2n) is 7.59. The van der Waals surface area contributed by atoms with Gasteiger partial charge in [0, 0.05) is 69.1 Å². The summed E-state index contributed by atoms with van der Waals surface area (Å²) in [6.07, 6.45) is 1.11. The van der Waals surface area contributed by atoms with E-state index in [0.717, 1.165) is 69.8 Å². The van der Waals surface area contributed by atoms with Gasteiger partial charge in [0.1, 0.15) is 0 Å². The molecule has 2 heterocycles. The molecule has 0 bridgehead atoms. The van der Waals surface area contributed by atoms with Crippen LogP contribution in [-0.2, 0) is 0 Å². The van der Waals surface area contributed by atoms with E-state index in [1.165, 1.54) is 18.8 Å². The molecule has 156 valence electrons. The van der Waals surface area contributed by atoms with Crippen molar-refractivity contribution in [3.8, 4) is 0 Å². The maximum Gasteiger partial charge on any atom is 0.191 e. The molecule has 2 saturated heterocycles. The Labute approximate surface area is 174 Å². The number of nitrogens with zero attached hydrogens (tertiary/aromatic N) is 4. The molecular formula is C21H35ClN6. The van der Waals surface area contributed by atoms with Gasteiger partial charge in [-0.1, -0.05) is 24.6 Å². The number of piperazine rings is 1. The zero-order valence-corrected chi connectivity index (χ0v) is 18.1. The molecule has 1 atom stereocenters. The van der Waals surface area contributed by atoms with Gasteiger partial charge in [0.2, 0.25) is 0 Å². The van der Waals surface area contributed by atoms with Crippen LogP contribution in [0, 0.1) is 0 Å². The second-order valence-corrected chi connectivity index (χ2v) is 8.03. The Morgan fingerprint density at radius 3 is 2.64 bits per heavy atom. The van der Waals surface area contributed by atoms with Crippen molar-refractivity contribution in [2.75, 3.05) is 70.3 Å². The normalized spacial score (nSPS) is 21.9. The first kappa shape index (κ1) is 21.2. The Balaban J connectivity index is 1.46. The molecule has 1 unspecified atom stereocenters. The van der Waals surface area contributed by atoms with Crippen LogP contribution in [0.15, 0.2) is 29.3 Å². The van der Waals surface area contributed by atoms with Gasteiger partial charge >= 0.3 is 0 Å². The molecule has 28 heavy (non-hydrogen) atoms. The van der Waals surface area contributed by atoms with Crippen LogP contribution in [0.5, 0.6) is 0 Å². The molecule has 3 rings (SSSR count). The topological polar surface area (TPSA) is 46.1 Å². The van der Waals surface area contributed by atoms with Crippen LogP contribution in [0.1, 0.15) is 20.3 Å². The number of aliphatic imine (C=N–C) groups is 1. The lowest BCUT2D eigenvalue weighted by Crippen LogP contribution is -2.47. The molecule has 1 aromatic rings. The average molecular weight is 407 g/mol. The molecule has 1 aromatic carbocycles. The molecule has 7 heteroatoms. The maximum atomic E-state index is 6.14. The number of hydrogen-bond acceptors (Lipinski definition) is 4. The Kier molecular flexibility index (Phi) is 8.25. The Hall–Kier alpha value is -1.50. The van der Waals surface area contributed by atoms with Gasteiger partial charge in [-0.2, -0.15) is 0 Å². The molecule has 0 amide bonds. The van der Waals surface area contributed by atoms with E-state index in [1.807, 2.05) is 18.2 Å². The second kappa shape index (κ2) is 10.9. The minimum atomic E-state index is 0.407. The standard InChI is InChI=1S/C21H35ClN6/c1-3-23-21(24-9-11-27-14-12-26(4-2)13-15-27)25-19-8-10-28(17-19)20-7-5-6-18(22)16-20/h5-7,16,19H,3-4,8-15,17H2,1-2H3,(H2,23,24,25). The van der Waals surface area contributed by atoms with Crippen molar-refractivity contribution in [3.63, 3.8) is 0 Å². The summed E-state index contributed by atoms with van der Waals surface area (Å²) < 4.78 is 0. The van der Waals surface area contributed by atoms with Gasteiger partial charge in [-0.25, -0.2) is 0 Å². The fraction of sp³-hybridized carbons (Fsp3) is 0.667. The Morgan fingerprint density at radius 2 is 1.93 bits per heavy atom. The molecule has 0 aromatic heterocycles. The summed E-state index contributed by atoms with van der Waals surface area (Å²) in [5.74, 6) is 0.938. The number of halogens is 1.